The van der Waals surface area contributed by atoms with Gasteiger partial charge in [-0.2, -0.15) is 0 Å². The predicted molar refractivity (Wildman–Crippen MR) is 39.5 cm³/mol. The summed E-state index contributed by atoms with van der Waals surface area (Å²) in [6, 6.07) is -0.123. The summed E-state index contributed by atoms with van der Waals surface area (Å²) in [4.78, 5) is 10.2. The highest BCUT2D eigenvalue weighted by atomic mass is 16.2. The number of rotatable bonds is 1. The largest absolute Gasteiger partial charge is 0.341 e. The first-order chi connectivity index (χ1) is 4.31. The van der Waals surface area contributed by atoms with Crippen LogP contribution in [-0.4, -0.2) is 19.6 Å². The van der Waals surface area contributed by atoms with Crippen LogP contribution >= 0.6 is 0 Å². The zero-order valence-electron chi connectivity index (χ0n) is 6.62. The summed E-state index contributed by atoms with van der Waals surface area (Å²) >= 11 is 0. The number of carbonyl (C=O) groups excluding carboxylic acids is 1. The van der Waals surface area contributed by atoms with Gasteiger partial charge in [-0.1, -0.05) is 13.8 Å². The van der Waals surface area contributed by atoms with Crippen molar-refractivity contribution in [2.24, 2.45) is 0 Å². The average molecular weight is 132 g/mol. The third-order valence-electron chi connectivity index (χ3n) is 0.564. The SMILES string of the molecule is CC.CCNC(=O)NC. The van der Waals surface area contributed by atoms with Crippen LogP contribution in [0.4, 0.5) is 4.79 Å². The van der Waals surface area contributed by atoms with Gasteiger partial charge < -0.3 is 10.6 Å². The third-order valence-corrected chi connectivity index (χ3v) is 0.564. The molecule has 0 saturated heterocycles. The van der Waals surface area contributed by atoms with E-state index in [0.29, 0.717) is 6.54 Å². The summed E-state index contributed by atoms with van der Waals surface area (Å²) in [5.41, 5.74) is 0. The lowest BCUT2D eigenvalue weighted by Gasteiger charge is -1.96. The summed E-state index contributed by atoms with van der Waals surface area (Å²) < 4.78 is 0. The van der Waals surface area contributed by atoms with Crippen molar-refractivity contribution in [1.29, 1.82) is 0 Å². The van der Waals surface area contributed by atoms with Crippen molar-refractivity contribution >= 4 is 6.03 Å². The first kappa shape index (κ1) is 11.1. The minimum Gasteiger partial charge on any atom is -0.341 e. The topological polar surface area (TPSA) is 41.1 Å². The fourth-order valence-electron chi connectivity index (χ4n) is 0.249. The van der Waals surface area contributed by atoms with Gasteiger partial charge in [0.05, 0.1) is 0 Å². The van der Waals surface area contributed by atoms with Crippen LogP contribution < -0.4 is 10.6 Å². The van der Waals surface area contributed by atoms with Crippen LogP contribution in [0.3, 0.4) is 0 Å². The van der Waals surface area contributed by atoms with Crippen molar-refractivity contribution < 1.29 is 4.79 Å². The van der Waals surface area contributed by atoms with Gasteiger partial charge in [0.1, 0.15) is 0 Å². The zero-order chi connectivity index (χ0) is 7.70. The maximum Gasteiger partial charge on any atom is 0.314 e. The van der Waals surface area contributed by atoms with E-state index < -0.39 is 0 Å². The lowest BCUT2D eigenvalue weighted by Crippen LogP contribution is -2.32. The molecule has 0 spiro atoms. The Balaban J connectivity index is 0. The molecule has 9 heavy (non-hydrogen) atoms. The monoisotopic (exact) mass is 132 g/mol. The minimum atomic E-state index is -0.123. The molecular weight excluding hydrogens is 116 g/mol. The van der Waals surface area contributed by atoms with E-state index >= 15 is 0 Å². The number of amides is 2. The van der Waals surface area contributed by atoms with E-state index in [1.807, 2.05) is 20.8 Å². The Kier molecular flexibility index (Phi) is 12.7. The Morgan fingerprint density at radius 3 is 2.00 bits per heavy atom. The summed E-state index contributed by atoms with van der Waals surface area (Å²) in [6.07, 6.45) is 0. The fourth-order valence-corrected chi connectivity index (χ4v) is 0.249. The highest BCUT2D eigenvalue weighted by Crippen LogP contribution is 1.55. The molecule has 3 heteroatoms. The molecule has 0 saturated carbocycles. The molecule has 2 amide bonds. The predicted octanol–water partition coefficient (Wildman–Crippen LogP) is 0.961. The van der Waals surface area contributed by atoms with E-state index in [4.69, 9.17) is 0 Å². The molecule has 0 rings (SSSR count). The van der Waals surface area contributed by atoms with Gasteiger partial charge in [-0.05, 0) is 6.92 Å². The van der Waals surface area contributed by atoms with Crippen LogP contribution in [0.5, 0.6) is 0 Å². The number of hydrogen-bond acceptors (Lipinski definition) is 1. The molecular formula is C6H16N2O. The maximum absolute atomic E-state index is 10.2. The molecule has 0 aliphatic carbocycles. The molecule has 0 aromatic heterocycles. The second kappa shape index (κ2) is 10.3. The highest BCUT2D eigenvalue weighted by molar-refractivity contribution is 5.73. The molecule has 0 fully saturated rings. The van der Waals surface area contributed by atoms with Gasteiger partial charge in [-0.3, -0.25) is 0 Å². The van der Waals surface area contributed by atoms with Crippen LogP contribution in [0, 0.1) is 0 Å². The summed E-state index contributed by atoms with van der Waals surface area (Å²) in [5.74, 6) is 0. The average Bonchev–Trinajstić information content (AvgIpc) is 1.93. The van der Waals surface area contributed by atoms with E-state index in [-0.39, 0.29) is 6.03 Å². The van der Waals surface area contributed by atoms with E-state index in [9.17, 15) is 4.79 Å². The number of nitrogens with one attached hydrogen (secondary N) is 2. The van der Waals surface area contributed by atoms with Gasteiger partial charge in [-0.25, -0.2) is 4.79 Å². The molecule has 0 aromatic rings. The van der Waals surface area contributed by atoms with Crippen LogP contribution in [0.1, 0.15) is 20.8 Å². The van der Waals surface area contributed by atoms with E-state index in [2.05, 4.69) is 10.6 Å². The van der Waals surface area contributed by atoms with Gasteiger partial charge in [0, 0.05) is 13.6 Å². The Hall–Kier alpha value is -0.730. The molecule has 0 aliphatic heterocycles. The normalized spacial score (nSPS) is 6.67. The van der Waals surface area contributed by atoms with Gasteiger partial charge in [0.25, 0.3) is 0 Å². The lowest BCUT2D eigenvalue weighted by molar-refractivity contribution is 0.243. The van der Waals surface area contributed by atoms with Gasteiger partial charge in [0.2, 0.25) is 0 Å². The Bertz CT molecular complexity index is 64.1. The first-order valence-corrected chi connectivity index (χ1v) is 3.26. The van der Waals surface area contributed by atoms with Crippen molar-refractivity contribution in [1.82, 2.24) is 10.6 Å². The molecule has 0 atom stereocenters. The van der Waals surface area contributed by atoms with Crippen molar-refractivity contribution in [3.63, 3.8) is 0 Å². The van der Waals surface area contributed by atoms with Crippen LogP contribution in [0.25, 0.3) is 0 Å². The standard InChI is InChI=1S/C4H10N2O.C2H6/c1-3-6-4(7)5-2;1-2/h3H2,1-2H3,(H2,5,6,7);1-2H3. The second-order valence-corrected chi connectivity index (χ2v) is 1.11. The minimum absolute atomic E-state index is 0.123. The molecule has 0 bridgehead atoms. The molecule has 0 heterocycles. The molecule has 0 aliphatic rings. The van der Waals surface area contributed by atoms with Crippen molar-refractivity contribution in [2.45, 2.75) is 20.8 Å². The Labute approximate surface area is 56.8 Å². The van der Waals surface area contributed by atoms with Crippen molar-refractivity contribution in [3.8, 4) is 0 Å². The van der Waals surface area contributed by atoms with Crippen LogP contribution in [0.15, 0.2) is 0 Å². The lowest BCUT2D eigenvalue weighted by atomic mass is 10.7. The number of hydrogen-bond donors (Lipinski definition) is 2. The van der Waals surface area contributed by atoms with Gasteiger partial charge >= 0.3 is 6.03 Å². The van der Waals surface area contributed by atoms with Crippen molar-refractivity contribution in [3.05, 3.63) is 0 Å². The van der Waals surface area contributed by atoms with Crippen molar-refractivity contribution in [2.75, 3.05) is 13.6 Å². The molecule has 0 radical (unpaired) electrons. The maximum atomic E-state index is 10.2. The summed E-state index contributed by atoms with van der Waals surface area (Å²) in [6.45, 7) is 6.55. The molecule has 0 aromatic carbocycles. The summed E-state index contributed by atoms with van der Waals surface area (Å²) in [5, 5.41) is 4.96. The Morgan fingerprint density at radius 1 is 1.44 bits per heavy atom. The second-order valence-electron chi connectivity index (χ2n) is 1.11. The zero-order valence-corrected chi connectivity index (χ0v) is 6.62. The molecule has 3 nitrogen and oxygen atoms in total. The Morgan fingerprint density at radius 2 is 1.89 bits per heavy atom. The van der Waals surface area contributed by atoms with Crippen LogP contribution in [-0.2, 0) is 0 Å². The van der Waals surface area contributed by atoms with E-state index in [1.165, 1.54) is 0 Å². The highest BCUT2D eigenvalue weighted by Gasteiger charge is 1.86. The quantitative estimate of drug-likeness (QED) is 0.548. The first-order valence-electron chi connectivity index (χ1n) is 3.26. The molecule has 0 unspecified atom stereocenters. The number of carbonyl (C=O) groups is 1. The third kappa shape index (κ3) is 11.1. The summed E-state index contributed by atoms with van der Waals surface area (Å²) in [7, 11) is 1.59. The van der Waals surface area contributed by atoms with E-state index in [0.717, 1.165) is 0 Å². The number of urea groups is 1. The van der Waals surface area contributed by atoms with Gasteiger partial charge in [0.15, 0.2) is 0 Å². The van der Waals surface area contributed by atoms with Crippen LogP contribution in [0.2, 0.25) is 0 Å². The molecule has 2 N–H and O–H groups in total. The molecule has 56 valence electrons. The fraction of sp³-hybridized carbons (Fsp3) is 0.833. The van der Waals surface area contributed by atoms with Gasteiger partial charge in [-0.15, -0.1) is 0 Å². The van der Waals surface area contributed by atoms with E-state index in [1.54, 1.807) is 7.05 Å². The smallest absolute Gasteiger partial charge is 0.314 e.